The van der Waals surface area contributed by atoms with E-state index in [4.69, 9.17) is 4.74 Å². The highest BCUT2D eigenvalue weighted by molar-refractivity contribution is 7.92. The van der Waals surface area contributed by atoms with Crippen molar-refractivity contribution in [2.75, 3.05) is 11.0 Å². The van der Waals surface area contributed by atoms with Crippen LogP contribution in [0.15, 0.2) is 72.8 Å². The Morgan fingerprint density at radius 3 is 2.43 bits per heavy atom. The van der Waals surface area contributed by atoms with Gasteiger partial charge in [0.1, 0.15) is 18.2 Å². The third-order valence-electron chi connectivity index (χ3n) is 4.10. The Hall–Kier alpha value is -3.39. The topological polar surface area (TPSA) is 84.5 Å². The van der Waals surface area contributed by atoms with Crippen LogP contribution in [0.2, 0.25) is 0 Å². The summed E-state index contributed by atoms with van der Waals surface area (Å²) in [7, 11) is -3.37. The van der Waals surface area contributed by atoms with E-state index in [-0.39, 0.29) is 24.9 Å². The Morgan fingerprint density at radius 1 is 0.967 bits per heavy atom. The molecular weight excluding hydrogens is 407 g/mol. The molecule has 0 spiro atoms. The molecule has 156 valence electrons. The molecule has 3 aromatic rings. The van der Waals surface area contributed by atoms with E-state index < -0.39 is 10.0 Å². The first kappa shape index (κ1) is 21.3. The first-order chi connectivity index (χ1) is 14.3. The lowest BCUT2D eigenvalue weighted by atomic mass is 10.1. The Kier molecular flexibility index (Phi) is 6.68. The van der Waals surface area contributed by atoms with Gasteiger partial charge >= 0.3 is 0 Å². The number of carbonyl (C=O) groups excluding carboxylic acids is 1. The van der Waals surface area contributed by atoms with E-state index in [0.717, 1.165) is 17.4 Å². The van der Waals surface area contributed by atoms with Crippen molar-refractivity contribution in [2.45, 2.75) is 13.2 Å². The van der Waals surface area contributed by atoms with Crippen LogP contribution in [-0.2, 0) is 23.2 Å². The number of benzene rings is 3. The van der Waals surface area contributed by atoms with Gasteiger partial charge in [-0.05, 0) is 53.6 Å². The second kappa shape index (κ2) is 9.41. The van der Waals surface area contributed by atoms with Gasteiger partial charge in [0.15, 0.2) is 0 Å². The molecule has 0 unspecified atom stereocenters. The van der Waals surface area contributed by atoms with E-state index in [9.17, 15) is 17.6 Å². The molecule has 0 aromatic heterocycles. The van der Waals surface area contributed by atoms with E-state index in [2.05, 4.69) is 10.0 Å². The molecule has 0 radical (unpaired) electrons. The highest BCUT2D eigenvalue weighted by Gasteiger charge is 2.08. The summed E-state index contributed by atoms with van der Waals surface area (Å²) in [5.41, 5.74) is 2.42. The van der Waals surface area contributed by atoms with Gasteiger partial charge in [0, 0.05) is 17.8 Å². The number of carbonyl (C=O) groups is 1. The van der Waals surface area contributed by atoms with Crippen LogP contribution in [0.25, 0.3) is 0 Å². The zero-order valence-corrected chi connectivity index (χ0v) is 17.1. The third-order valence-corrected chi connectivity index (χ3v) is 4.70. The number of nitrogens with one attached hydrogen (secondary N) is 2. The van der Waals surface area contributed by atoms with Gasteiger partial charge in [0.05, 0.1) is 6.26 Å². The normalized spacial score (nSPS) is 11.0. The van der Waals surface area contributed by atoms with Crippen molar-refractivity contribution in [3.63, 3.8) is 0 Å². The Morgan fingerprint density at radius 2 is 1.70 bits per heavy atom. The molecule has 0 heterocycles. The summed E-state index contributed by atoms with van der Waals surface area (Å²) >= 11 is 0. The van der Waals surface area contributed by atoms with E-state index in [1.165, 1.54) is 12.1 Å². The Labute approximate surface area is 174 Å². The monoisotopic (exact) mass is 428 g/mol. The van der Waals surface area contributed by atoms with Gasteiger partial charge in [-0.2, -0.15) is 0 Å². The number of hydrogen-bond acceptors (Lipinski definition) is 4. The lowest BCUT2D eigenvalue weighted by Crippen LogP contribution is -2.22. The molecule has 8 heteroatoms. The van der Waals surface area contributed by atoms with Crippen LogP contribution in [0.3, 0.4) is 0 Å². The summed E-state index contributed by atoms with van der Waals surface area (Å²) in [6.07, 6.45) is 1.08. The minimum absolute atomic E-state index is 0.235. The molecule has 0 aliphatic carbocycles. The van der Waals surface area contributed by atoms with Crippen LogP contribution in [-0.4, -0.2) is 20.6 Å². The minimum atomic E-state index is -3.37. The molecule has 2 N–H and O–H groups in total. The van der Waals surface area contributed by atoms with Gasteiger partial charge in [0.25, 0.3) is 5.91 Å². The van der Waals surface area contributed by atoms with Gasteiger partial charge in [-0.25, -0.2) is 12.8 Å². The standard InChI is InChI=1S/C22H21FN2O4S/c1-30(27,28)25-20-6-2-4-17(12-20)14-24-22(26)18-5-3-7-21(13-18)29-15-16-8-10-19(23)11-9-16/h2-13,25H,14-15H2,1H3,(H,24,26). The zero-order valence-electron chi connectivity index (χ0n) is 16.3. The van der Waals surface area contributed by atoms with Crippen molar-refractivity contribution in [1.29, 1.82) is 0 Å². The lowest BCUT2D eigenvalue weighted by molar-refractivity contribution is 0.0950. The summed E-state index contributed by atoms with van der Waals surface area (Å²) in [4.78, 5) is 12.5. The molecular formula is C22H21FN2O4S. The number of anilines is 1. The smallest absolute Gasteiger partial charge is 0.251 e. The zero-order chi connectivity index (χ0) is 21.6. The van der Waals surface area contributed by atoms with Crippen LogP contribution in [0, 0.1) is 5.82 Å². The average Bonchev–Trinajstić information content (AvgIpc) is 2.71. The molecule has 0 aliphatic heterocycles. The quantitative estimate of drug-likeness (QED) is 0.573. The third kappa shape index (κ3) is 6.59. The molecule has 30 heavy (non-hydrogen) atoms. The van der Waals surface area contributed by atoms with E-state index in [0.29, 0.717) is 17.0 Å². The van der Waals surface area contributed by atoms with Crippen LogP contribution in [0.1, 0.15) is 21.5 Å². The number of sulfonamides is 1. The summed E-state index contributed by atoms with van der Waals surface area (Å²) in [6, 6.07) is 19.5. The molecule has 0 saturated carbocycles. The Bertz CT molecular complexity index is 1130. The highest BCUT2D eigenvalue weighted by atomic mass is 32.2. The molecule has 3 aromatic carbocycles. The van der Waals surface area contributed by atoms with Crippen LogP contribution >= 0.6 is 0 Å². The largest absolute Gasteiger partial charge is 0.489 e. The molecule has 6 nitrogen and oxygen atoms in total. The highest BCUT2D eigenvalue weighted by Crippen LogP contribution is 2.16. The first-order valence-electron chi connectivity index (χ1n) is 9.11. The molecule has 0 aliphatic rings. The van der Waals surface area contributed by atoms with Crippen molar-refractivity contribution in [2.24, 2.45) is 0 Å². The Balaban J connectivity index is 1.58. The van der Waals surface area contributed by atoms with Crippen molar-refractivity contribution < 1.29 is 22.3 Å². The molecule has 1 amide bonds. The minimum Gasteiger partial charge on any atom is -0.489 e. The predicted octanol–water partition coefficient (Wildman–Crippen LogP) is 3.71. The summed E-state index contributed by atoms with van der Waals surface area (Å²) in [6.45, 7) is 0.490. The first-order valence-corrected chi connectivity index (χ1v) is 11.0. The van der Waals surface area contributed by atoms with Crippen molar-refractivity contribution in [3.8, 4) is 5.75 Å². The number of halogens is 1. The fraction of sp³-hybridized carbons (Fsp3) is 0.136. The summed E-state index contributed by atoms with van der Waals surface area (Å²) < 4.78 is 43.7. The SMILES string of the molecule is CS(=O)(=O)Nc1cccc(CNC(=O)c2cccc(OCc3ccc(F)cc3)c2)c1. The molecule has 0 atom stereocenters. The predicted molar refractivity (Wildman–Crippen MR) is 113 cm³/mol. The van der Waals surface area contributed by atoms with Crippen LogP contribution < -0.4 is 14.8 Å². The molecule has 0 bridgehead atoms. The fourth-order valence-electron chi connectivity index (χ4n) is 2.72. The maximum Gasteiger partial charge on any atom is 0.251 e. The fourth-order valence-corrected chi connectivity index (χ4v) is 3.27. The lowest BCUT2D eigenvalue weighted by Gasteiger charge is -2.10. The van der Waals surface area contributed by atoms with Gasteiger partial charge in [-0.1, -0.05) is 30.3 Å². The van der Waals surface area contributed by atoms with Crippen molar-refractivity contribution in [1.82, 2.24) is 5.32 Å². The van der Waals surface area contributed by atoms with Crippen LogP contribution in [0.5, 0.6) is 5.75 Å². The second-order valence-corrected chi connectivity index (χ2v) is 8.45. The number of rotatable bonds is 8. The van der Waals surface area contributed by atoms with Gasteiger partial charge in [0.2, 0.25) is 10.0 Å². The van der Waals surface area contributed by atoms with Crippen molar-refractivity contribution >= 4 is 21.6 Å². The maximum atomic E-state index is 13.0. The number of hydrogen-bond donors (Lipinski definition) is 2. The summed E-state index contributed by atoms with van der Waals surface area (Å²) in [5, 5.41) is 2.80. The molecule has 3 rings (SSSR count). The average molecular weight is 428 g/mol. The number of amides is 1. The number of ether oxygens (including phenoxy) is 1. The maximum absolute atomic E-state index is 13.0. The van der Waals surface area contributed by atoms with E-state index in [1.807, 2.05) is 0 Å². The van der Waals surface area contributed by atoms with E-state index >= 15 is 0 Å². The van der Waals surface area contributed by atoms with Gasteiger partial charge in [-0.15, -0.1) is 0 Å². The molecule has 0 fully saturated rings. The molecule has 0 saturated heterocycles. The van der Waals surface area contributed by atoms with E-state index in [1.54, 1.807) is 60.7 Å². The van der Waals surface area contributed by atoms with Gasteiger partial charge in [-0.3, -0.25) is 9.52 Å². The van der Waals surface area contributed by atoms with Gasteiger partial charge < -0.3 is 10.1 Å². The summed E-state index contributed by atoms with van der Waals surface area (Å²) in [5.74, 6) is -0.0786. The van der Waals surface area contributed by atoms with Crippen LogP contribution in [0.4, 0.5) is 10.1 Å². The second-order valence-electron chi connectivity index (χ2n) is 6.70. The van der Waals surface area contributed by atoms with Crippen molar-refractivity contribution in [3.05, 3.63) is 95.3 Å².